The predicted molar refractivity (Wildman–Crippen MR) is 107 cm³/mol. The molecule has 4 atom stereocenters. The van der Waals surface area contributed by atoms with Gasteiger partial charge in [-0.05, 0) is 11.1 Å². The molecule has 0 unspecified atom stereocenters. The van der Waals surface area contributed by atoms with Crippen LogP contribution in [0.4, 0.5) is 0 Å². The molecule has 0 aliphatic carbocycles. The van der Waals surface area contributed by atoms with Gasteiger partial charge in [0.1, 0.15) is 11.9 Å². The van der Waals surface area contributed by atoms with Gasteiger partial charge in [0.2, 0.25) is 6.29 Å². The van der Waals surface area contributed by atoms with Gasteiger partial charge in [-0.25, -0.2) is 0 Å². The summed E-state index contributed by atoms with van der Waals surface area (Å²) >= 11 is 0. The smallest absolute Gasteiger partial charge is 0.303 e. The van der Waals surface area contributed by atoms with Crippen LogP contribution in [0.3, 0.4) is 0 Å². The van der Waals surface area contributed by atoms with E-state index in [1.54, 1.807) is 0 Å². The highest BCUT2D eigenvalue weighted by molar-refractivity contribution is 5.66. The van der Waals surface area contributed by atoms with E-state index >= 15 is 0 Å². The maximum Gasteiger partial charge on any atom is 0.303 e. The van der Waals surface area contributed by atoms with Gasteiger partial charge in [0, 0.05) is 14.0 Å². The van der Waals surface area contributed by atoms with E-state index in [-0.39, 0.29) is 5.76 Å². The quantitative estimate of drug-likeness (QED) is 0.633. The van der Waals surface area contributed by atoms with Gasteiger partial charge in [-0.15, -0.1) is 0 Å². The molecule has 29 heavy (non-hydrogen) atoms. The first-order valence-corrected chi connectivity index (χ1v) is 9.45. The largest absolute Gasteiger partial charge is 0.463 e. The molecule has 0 saturated carbocycles. The van der Waals surface area contributed by atoms with Crippen LogP contribution in [0.25, 0.3) is 0 Å². The van der Waals surface area contributed by atoms with Crippen molar-refractivity contribution in [2.45, 2.75) is 44.7 Å². The van der Waals surface area contributed by atoms with E-state index in [0.29, 0.717) is 13.2 Å². The summed E-state index contributed by atoms with van der Waals surface area (Å²) in [5.41, 5.74) is 1.99. The molecule has 1 saturated heterocycles. The van der Waals surface area contributed by atoms with Crippen molar-refractivity contribution < 1.29 is 28.5 Å². The molecule has 2 aromatic carbocycles. The van der Waals surface area contributed by atoms with E-state index in [1.807, 2.05) is 60.7 Å². The summed E-state index contributed by atoms with van der Waals surface area (Å²) in [5.74, 6) is -0.185. The van der Waals surface area contributed by atoms with E-state index in [1.165, 1.54) is 14.0 Å². The van der Waals surface area contributed by atoms with Crippen molar-refractivity contribution >= 4 is 5.97 Å². The van der Waals surface area contributed by atoms with Crippen molar-refractivity contribution in [1.82, 2.24) is 0 Å². The highest BCUT2D eigenvalue weighted by atomic mass is 16.7. The molecule has 6 nitrogen and oxygen atoms in total. The zero-order valence-electron chi connectivity index (χ0n) is 16.7. The minimum atomic E-state index is -0.802. The topological polar surface area (TPSA) is 63.2 Å². The summed E-state index contributed by atoms with van der Waals surface area (Å²) in [6.45, 7) is 5.88. The van der Waals surface area contributed by atoms with Crippen molar-refractivity contribution in [3.05, 3.63) is 84.1 Å². The molecular formula is C23H26O6. The Morgan fingerprint density at radius 3 is 1.93 bits per heavy atom. The third kappa shape index (κ3) is 5.67. The second-order valence-corrected chi connectivity index (χ2v) is 6.74. The molecule has 154 valence electrons. The fourth-order valence-corrected chi connectivity index (χ4v) is 3.18. The number of rotatable bonds is 8. The monoisotopic (exact) mass is 398 g/mol. The van der Waals surface area contributed by atoms with Crippen molar-refractivity contribution in [1.29, 1.82) is 0 Å². The fourth-order valence-electron chi connectivity index (χ4n) is 3.18. The summed E-state index contributed by atoms with van der Waals surface area (Å²) in [7, 11) is 1.53. The Morgan fingerprint density at radius 2 is 1.45 bits per heavy atom. The maximum atomic E-state index is 11.7. The molecule has 1 aliphatic heterocycles. The van der Waals surface area contributed by atoms with Crippen molar-refractivity contribution in [2.75, 3.05) is 7.11 Å². The third-order valence-corrected chi connectivity index (χ3v) is 4.57. The zero-order valence-corrected chi connectivity index (χ0v) is 16.7. The van der Waals surface area contributed by atoms with Crippen LogP contribution >= 0.6 is 0 Å². The molecule has 3 rings (SSSR count). The lowest BCUT2D eigenvalue weighted by Gasteiger charge is -2.42. The molecule has 0 spiro atoms. The van der Waals surface area contributed by atoms with Crippen LogP contribution in [0.15, 0.2) is 73.0 Å². The molecule has 1 aliphatic rings. The van der Waals surface area contributed by atoms with Crippen molar-refractivity contribution in [3.8, 4) is 0 Å². The van der Waals surface area contributed by atoms with Gasteiger partial charge in [0.05, 0.1) is 13.2 Å². The minimum Gasteiger partial charge on any atom is -0.463 e. The Bertz CT molecular complexity index is 792. The molecule has 1 fully saturated rings. The van der Waals surface area contributed by atoms with Crippen LogP contribution in [0.2, 0.25) is 0 Å². The van der Waals surface area contributed by atoms with Crippen LogP contribution in [0, 0.1) is 0 Å². The van der Waals surface area contributed by atoms with Gasteiger partial charge in [0.15, 0.2) is 12.2 Å². The standard InChI is InChI=1S/C23H26O6/c1-16-20(29-17(2)24)21(26-14-18-10-6-4-7-11-18)22(23(25-3)28-16)27-15-19-12-8-5-9-13-19/h4-13,20-23H,1,14-15H2,2-3H3/t20-,21-,22+,23-/m0/s1. The van der Waals surface area contributed by atoms with Gasteiger partial charge in [-0.3, -0.25) is 4.79 Å². The number of carbonyl (C=O) groups excluding carboxylic acids is 1. The molecule has 0 aromatic heterocycles. The second kappa shape index (κ2) is 10.2. The first-order valence-electron chi connectivity index (χ1n) is 9.45. The molecular weight excluding hydrogens is 372 g/mol. The van der Waals surface area contributed by atoms with Gasteiger partial charge < -0.3 is 23.7 Å². The van der Waals surface area contributed by atoms with Crippen LogP contribution in [-0.2, 0) is 41.7 Å². The van der Waals surface area contributed by atoms with E-state index in [2.05, 4.69) is 6.58 Å². The van der Waals surface area contributed by atoms with Crippen LogP contribution in [-0.4, -0.2) is 37.7 Å². The SMILES string of the molecule is C=C1O[C@H](OC)[C@H](OCc2ccccc2)[C@@H](OCc2ccccc2)[C@H]1OC(C)=O. The number of esters is 1. The molecule has 0 amide bonds. The molecule has 0 bridgehead atoms. The number of hydrogen-bond acceptors (Lipinski definition) is 6. The molecule has 0 radical (unpaired) electrons. The Balaban J connectivity index is 1.81. The molecule has 2 aromatic rings. The maximum absolute atomic E-state index is 11.7. The Kier molecular flexibility index (Phi) is 7.41. The van der Waals surface area contributed by atoms with E-state index in [4.69, 9.17) is 23.7 Å². The predicted octanol–water partition coefficient (Wildman–Crippen LogP) is 3.61. The first-order chi connectivity index (χ1) is 14.1. The van der Waals surface area contributed by atoms with Crippen molar-refractivity contribution in [2.24, 2.45) is 0 Å². The Morgan fingerprint density at radius 1 is 0.931 bits per heavy atom. The molecule has 0 N–H and O–H groups in total. The zero-order chi connectivity index (χ0) is 20.6. The van der Waals surface area contributed by atoms with Crippen LogP contribution < -0.4 is 0 Å². The summed E-state index contributed by atoms with van der Waals surface area (Å²) in [6, 6.07) is 19.5. The fraction of sp³-hybridized carbons (Fsp3) is 0.348. The summed E-state index contributed by atoms with van der Waals surface area (Å²) in [4.78, 5) is 11.7. The molecule has 6 heteroatoms. The van der Waals surface area contributed by atoms with E-state index in [0.717, 1.165) is 11.1 Å². The van der Waals surface area contributed by atoms with Gasteiger partial charge in [0.25, 0.3) is 0 Å². The van der Waals surface area contributed by atoms with E-state index in [9.17, 15) is 4.79 Å². The first kappa shape index (κ1) is 21.0. The Hall–Kier alpha value is -2.67. The van der Waals surface area contributed by atoms with Gasteiger partial charge in [-0.1, -0.05) is 67.2 Å². The van der Waals surface area contributed by atoms with Gasteiger partial charge in [-0.2, -0.15) is 0 Å². The normalized spacial score (nSPS) is 24.0. The highest BCUT2D eigenvalue weighted by Crippen LogP contribution is 2.31. The average molecular weight is 398 g/mol. The second-order valence-electron chi connectivity index (χ2n) is 6.74. The van der Waals surface area contributed by atoms with Crippen LogP contribution in [0.5, 0.6) is 0 Å². The van der Waals surface area contributed by atoms with Gasteiger partial charge >= 0.3 is 5.97 Å². The Labute approximate surface area is 171 Å². The summed E-state index contributed by atoms with van der Waals surface area (Å²) in [6.07, 6.45) is -2.81. The summed E-state index contributed by atoms with van der Waals surface area (Å²) < 4.78 is 28.9. The number of ether oxygens (including phenoxy) is 5. The summed E-state index contributed by atoms with van der Waals surface area (Å²) in [5, 5.41) is 0. The van der Waals surface area contributed by atoms with E-state index < -0.39 is 30.6 Å². The molecule has 1 heterocycles. The number of methoxy groups -OCH3 is 1. The average Bonchev–Trinajstić information content (AvgIpc) is 2.74. The lowest BCUT2D eigenvalue weighted by atomic mass is 10.0. The lowest BCUT2D eigenvalue weighted by molar-refractivity contribution is -0.266. The minimum absolute atomic E-state index is 0.268. The van der Waals surface area contributed by atoms with Crippen LogP contribution in [0.1, 0.15) is 18.1 Å². The van der Waals surface area contributed by atoms with Crippen molar-refractivity contribution in [3.63, 3.8) is 0 Å². The highest BCUT2D eigenvalue weighted by Gasteiger charge is 2.47. The lowest BCUT2D eigenvalue weighted by Crippen LogP contribution is -2.55. The number of benzene rings is 2. The number of carbonyl (C=O) groups is 1. The number of hydrogen-bond donors (Lipinski definition) is 0. The third-order valence-electron chi connectivity index (χ3n) is 4.57.